The van der Waals surface area contributed by atoms with Gasteiger partial charge in [-0.1, -0.05) is 0 Å². The molecule has 0 aromatic rings. The number of rotatable bonds is 2. The molecule has 0 aliphatic carbocycles. The lowest BCUT2D eigenvalue weighted by Gasteiger charge is -2.22. The topological polar surface area (TPSA) is 44.8 Å². The Kier molecular flexibility index (Phi) is 5.01. The van der Waals surface area contributed by atoms with E-state index in [1.54, 1.807) is 0 Å². The summed E-state index contributed by atoms with van der Waals surface area (Å²) in [6.07, 6.45) is -3.67. The highest BCUT2D eigenvalue weighted by Crippen LogP contribution is 2.17. The fourth-order valence-corrected chi connectivity index (χ4v) is 1.74. The van der Waals surface area contributed by atoms with Crippen LogP contribution in [-0.2, 0) is 4.84 Å². The Hall–Kier alpha value is -1.02. The molecule has 0 bridgehead atoms. The van der Waals surface area contributed by atoms with E-state index in [9.17, 15) is 18.0 Å². The zero-order valence-electron chi connectivity index (χ0n) is 9.59. The van der Waals surface area contributed by atoms with Crippen molar-refractivity contribution in [1.29, 1.82) is 0 Å². The zero-order chi connectivity index (χ0) is 12.9. The first-order valence-electron chi connectivity index (χ1n) is 5.29. The second kappa shape index (κ2) is 6.06. The maximum atomic E-state index is 12.2. The molecule has 1 aliphatic heterocycles. The van der Waals surface area contributed by atoms with Crippen LogP contribution in [0.5, 0.6) is 0 Å². The largest absolute Gasteiger partial charge is 0.401 e. The molecule has 0 saturated carbocycles. The Labute approximate surface area is 97.4 Å². The van der Waals surface area contributed by atoms with Crippen LogP contribution < -0.4 is 5.48 Å². The fraction of sp³-hybridized carbons (Fsp3) is 0.889. The van der Waals surface area contributed by atoms with Gasteiger partial charge in [-0.25, -0.2) is 10.3 Å². The molecule has 1 saturated heterocycles. The van der Waals surface area contributed by atoms with Crippen molar-refractivity contribution in [3.05, 3.63) is 0 Å². The Morgan fingerprint density at radius 3 is 2.59 bits per heavy atom. The molecule has 100 valence electrons. The molecular weight excluding hydrogens is 239 g/mol. The van der Waals surface area contributed by atoms with E-state index in [-0.39, 0.29) is 13.1 Å². The molecule has 1 rings (SSSR count). The van der Waals surface area contributed by atoms with E-state index in [1.165, 1.54) is 16.9 Å². The number of carbonyl (C=O) groups is 1. The quantitative estimate of drug-likeness (QED) is 0.743. The van der Waals surface area contributed by atoms with Crippen LogP contribution in [-0.4, -0.2) is 61.8 Å². The Morgan fingerprint density at radius 1 is 1.29 bits per heavy atom. The van der Waals surface area contributed by atoms with Crippen LogP contribution in [0.25, 0.3) is 0 Å². The van der Waals surface area contributed by atoms with Gasteiger partial charge in [0.25, 0.3) is 0 Å². The van der Waals surface area contributed by atoms with Crippen molar-refractivity contribution in [2.24, 2.45) is 0 Å². The summed E-state index contributed by atoms with van der Waals surface area (Å²) in [4.78, 5) is 18.6. The van der Waals surface area contributed by atoms with E-state index in [4.69, 9.17) is 0 Å². The minimum Gasteiger partial charge on any atom is -0.322 e. The lowest BCUT2D eigenvalue weighted by atomic mass is 10.4. The van der Waals surface area contributed by atoms with Gasteiger partial charge >= 0.3 is 12.2 Å². The van der Waals surface area contributed by atoms with Gasteiger partial charge in [0.1, 0.15) is 0 Å². The highest BCUT2D eigenvalue weighted by molar-refractivity contribution is 5.73. The van der Waals surface area contributed by atoms with Gasteiger partial charge in [0.05, 0.1) is 13.7 Å². The first-order valence-corrected chi connectivity index (χ1v) is 5.29. The molecule has 8 heteroatoms. The fourth-order valence-electron chi connectivity index (χ4n) is 1.74. The summed E-state index contributed by atoms with van der Waals surface area (Å²) in [6, 6.07) is -0.415. The Morgan fingerprint density at radius 2 is 2.00 bits per heavy atom. The van der Waals surface area contributed by atoms with Gasteiger partial charge in [-0.3, -0.25) is 9.74 Å². The molecule has 2 amide bonds. The Bertz CT molecular complexity index is 260. The molecule has 1 heterocycles. The third kappa shape index (κ3) is 5.22. The lowest BCUT2D eigenvalue weighted by molar-refractivity contribution is -0.145. The van der Waals surface area contributed by atoms with Crippen molar-refractivity contribution in [1.82, 2.24) is 15.3 Å². The number of nitrogens with one attached hydrogen (secondary N) is 1. The number of halogens is 3. The number of amides is 2. The smallest absolute Gasteiger partial charge is 0.322 e. The van der Waals surface area contributed by atoms with E-state index < -0.39 is 18.8 Å². The summed E-state index contributed by atoms with van der Waals surface area (Å²) in [5, 5.41) is 0. The van der Waals surface area contributed by atoms with Crippen molar-refractivity contribution in [3.63, 3.8) is 0 Å². The molecule has 0 atom stereocenters. The number of carbonyl (C=O) groups excluding carboxylic acids is 1. The van der Waals surface area contributed by atoms with E-state index in [0.717, 1.165) is 0 Å². The average Bonchev–Trinajstić information content (AvgIpc) is 2.41. The van der Waals surface area contributed by atoms with Crippen LogP contribution in [0.15, 0.2) is 0 Å². The maximum absolute atomic E-state index is 12.2. The van der Waals surface area contributed by atoms with E-state index in [0.29, 0.717) is 19.5 Å². The minimum absolute atomic E-state index is 0.219. The number of nitrogens with zero attached hydrogens (tertiary/aromatic N) is 2. The van der Waals surface area contributed by atoms with Crippen molar-refractivity contribution >= 4 is 6.03 Å². The monoisotopic (exact) mass is 255 g/mol. The van der Waals surface area contributed by atoms with Gasteiger partial charge in [0, 0.05) is 26.2 Å². The number of alkyl halides is 3. The summed E-state index contributed by atoms with van der Waals surface area (Å²) in [5.41, 5.74) is 2.15. The van der Waals surface area contributed by atoms with Crippen LogP contribution in [0.2, 0.25) is 0 Å². The van der Waals surface area contributed by atoms with Crippen molar-refractivity contribution < 1.29 is 22.8 Å². The van der Waals surface area contributed by atoms with Gasteiger partial charge in [-0.2, -0.15) is 13.2 Å². The normalized spacial score (nSPS) is 18.9. The molecule has 5 nitrogen and oxygen atoms in total. The first-order chi connectivity index (χ1) is 7.92. The third-order valence-corrected chi connectivity index (χ3v) is 2.47. The summed E-state index contributed by atoms with van der Waals surface area (Å²) >= 11 is 0. The predicted molar refractivity (Wildman–Crippen MR) is 54.2 cm³/mol. The van der Waals surface area contributed by atoms with Gasteiger partial charge < -0.3 is 4.90 Å². The van der Waals surface area contributed by atoms with Gasteiger partial charge in [-0.05, 0) is 6.42 Å². The number of hydroxylamine groups is 1. The van der Waals surface area contributed by atoms with Crippen molar-refractivity contribution in [2.45, 2.75) is 12.6 Å². The van der Waals surface area contributed by atoms with Crippen LogP contribution >= 0.6 is 0 Å². The van der Waals surface area contributed by atoms with Gasteiger partial charge in [0.2, 0.25) is 0 Å². The summed E-state index contributed by atoms with van der Waals surface area (Å²) < 4.78 is 36.6. The Balaban J connectivity index is 2.42. The van der Waals surface area contributed by atoms with Crippen LogP contribution in [0, 0.1) is 0 Å². The van der Waals surface area contributed by atoms with Gasteiger partial charge in [0.15, 0.2) is 0 Å². The van der Waals surface area contributed by atoms with E-state index >= 15 is 0 Å². The van der Waals surface area contributed by atoms with Crippen molar-refractivity contribution in [2.75, 3.05) is 39.8 Å². The minimum atomic E-state index is -4.19. The summed E-state index contributed by atoms with van der Waals surface area (Å²) in [6.45, 7) is 0.342. The van der Waals surface area contributed by atoms with Crippen LogP contribution in [0.3, 0.4) is 0 Å². The van der Waals surface area contributed by atoms with E-state index in [1.807, 2.05) is 0 Å². The summed E-state index contributed by atoms with van der Waals surface area (Å²) in [7, 11) is 1.31. The van der Waals surface area contributed by atoms with E-state index in [2.05, 4.69) is 10.3 Å². The third-order valence-electron chi connectivity index (χ3n) is 2.47. The average molecular weight is 255 g/mol. The molecule has 1 aliphatic rings. The molecule has 1 fully saturated rings. The molecule has 0 aromatic heterocycles. The molecule has 1 N–H and O–H groups in total. The second-order valence-corrected chi connectivity index (χ2v) is 3.84. The van der Waals surface area contributed by atoms with Crippen LogP contribution in [0.4, 0.5) is 18.0 Å². The molecule has 0 aromatic carbocycles. The van der Waals surface area contributed by atoms with Crippen molar-refractivity contribution in [3.8, 4) is 0 Å². The number of hydrogen-bond donors (Lipinski definition) is 1. The molecule has 0 radical (unpaired) electrons. The molecule has 0 spiro atoms. The van der Waals surface area contributed by atoms with Crippen LogP contribution in [0.1, 0.15) is 6.42 Å². The first kappa shape index (κ1) is 14.0. The summed E-state index contributed by atoms with van der Waals surface area (Å²) in [5.74, 6) is 0. The number of hydrogen-bond acceptors (Lipinski definition) is 3. The maximum Gasteiger partial charge on any atom is 0.401 e. The second-order valence-electron chi connectivity index (χ2n) is 3.84. The molecular formula is C9H16F3N3O2. The standard InChI is InChI=1S/C9H16F3N3O2/c1-17-13-8(16)15-4-2-3-14(5-6-15)7-9(10,11)12/h2-7H2,1H3,(H,13,16). The SMILES string of the molecule is CONC(=O)N1CCCN(CC(F)(F)F)CC1. The predicted octanol–water partition coefficient (Wildman–Crippen LogP) is 0.827. The molecule has 0 unspecified atom stereocenters. The zero-order valence-corrected chi connectivity index (χ0v) is 9.59. The highest BCUT2D eigenvalue weighted by atomic mass is 19.4. The number of urea groups is 1. The van der Waals surface area contributed by atoms with Gasteiger partial charge in [-0.15, -0.1) is 0 Å². The molecule has 17 heavy (non-hydrogen) atoms. The lowest BCUT2D eigenvalue weighted by Crippen LogP contribution is -2.42. The highest BCUT2D eigenvalue weighted by Gasteiger charge is 2.31.